The second kappa shape index (κ2) is 6.84. The molecule has 0 aliphatic rings. The van der Waals surface area contributed by atoms with Gasteiger partial charge in [-0.15, -0.1) is 0 Å². The molecule has 1 aromatic rings. The maximum Gasteiger partial charge on any atom is 0.287 e. The molecule has 1 atom stereocenters. The smallest absolute Gasteiger partial charge is 0.287 e. The molecule has 1 aromatic carbocycles. The van der Waals surface area contributed by atoms with Gasteiger partial charge in [-0.1, -0.05) is 44.2 Å². The lowest BCUT2D eigenvalue weighted by atomic mass is 10.0. The summed E-state index contributed by atoms with van der Waals surface area (Å²) in [5.41, 5.74) is 1.16. The SMILES string of the molecule is CCC(C)C(=O)C(=O)NCCc1ccccc1. The van der Waals surface area contributed by atoms with E-state index in [1.165, 1.54) is 0 Å². The summed E-state index contributed by atoms with van der Waals surface area (Å²) in [5, 5.41) is 2.66. The minimum atomic E-state index is -0.463. The van der Waals surface area contributed by atoms with Crippen LogP contribution >= 0.6 is 0 Å². The first kappa shape index (κ1) is 13.4. The predicted molar refractivity (Wildman–Crippen MR) is 67.6 cm³/mol. The highest BCUT2D eigenvalue weighted by molar-refractivity contribution is 6.36. The summed E-state index contributed by atoms with van der Waals surface area (Å²) in [4.78, 5) is 23.0. The number of amides is 1. The summed E-state index contributed by atoms with van der Waals surface area (Å²) < 4.78 is 0. The number of Topliss-reactive ketones (excluding diaryl/α,β-unsaturated/α-hetero) is 1. The molecule has 0 bridgehead atoms. The molecule has 0 saturated heterocycles. The van der Waals surface area contributed by atoms with Crippen LogP contribution < -0.4 is 5.32 Å². The van der Waals surface area contributed by atoms with Crippen molar-refractivity contribution in [3.8, 4) is 0 Å². The molecular formula is C14H19NO2. The Morgan fingerprint density at radius 1 is 1.24 bits per heavy atom. The number of carbonyl (C=O) groups is 2. The highest BCUT2D eigenvalue weighted by atomic mass is 16.2. The lowest BCUT2D eigenvalue weighted by Crippen LogP contribution is -2.35. The van der Waals surface area contributed by atoms with Crippen molar-refractivity contribution < 1.29 is 9.59 Å². The van der Waals surface area contributed by atoms with Crippen LogP contribution in [0.3, 0.4) is 0 Å². The van der Waals surface area contributed by atoms with Crippen molar-refractivity contribution in [3.05, 3.63) is 35.9 Å². The van der Waals surface area contributed by atoms with Crippen molar-refractivity contribution in [2.45, 2.75) is 26.7 Å². The fourth-order valence-corrected chi connectivity index (χ4v) is 1.46. The average Bonchev–Trinajstić information content (AvgIpc) is 2.38. The Balaban J connectivity index is 2.32. The van der Waals surface area contributed by atoms with E-state index >= 15 is 0 Å². The molecule has 3 nitrogen and oxygen atoms in total. The van der Waals surface area contributed by atoms with Crippen LogP contribution in [0.1, 0.15) is 25.8 Å². The van der Waals surface area contributed by atoms with E-state index in [1.54, 1.807) is 6.92 Å². The Morgan fingerprint density at radius 3 is 2.47 bits per heavy atom. The number of rotatable bonds is 6. The zero-order valence-corrected chi connectivity index (χ0v) is 10.4. The molecule has 1 unspecified atom stereocenters. The van der Waals surface area contributed by atoms with E-state index in [-0.39, 0.29) is 11.7 Å². The van der Waals surface area contributed by atoms with Gasteiger partial charge in [0, 0.05) is 12.5 Å². The van der Waals surface area contributed by atoms with Gasteiger partial charge in [0.2, 0.25) is 5.78 Å². The van der Waals surface area contributed by atoms with Crippen molar-refractivity contribution in [1.29, 1.82) is 0 Å². The normalized spacial score (nSPS) is 11.9. The van der Waals surface area contributed by atoms with Gasteiger partial charge in [-0.25, -0.2) is 0 Å². The van der Waals surface area contributed by atoms with E-state index in [4.69, 9.17) is 0 Å². The van der Waals surface area contributed by atoms with Gasteiger partial charge < -0.3 is 5.32 Å². The van der Waals surface area contributed by atoms with Crippen LogP contribution in [0.25, 0.3) is 0 Å². The summed E-state index contributed by atoms with van der Waals surface area (Å²) >= 11 is 0. The number of nitrogens with one attached hydrogen (secondary N) is 1. The molecule has 0 fully saturated rings. The molecule has 0 heterocycles. The number of hydrogen-bond acceptors (Lipinski definition) is 2. The van der Waals surface area contributed by atoms with E-state index < -0.39 is 5.91 Å². The van der Waals surface area contributed by atoms with Crippen molar-refractivity contribution in [3.63, 3.8) is 0 Å². The molecule has 1 N–H and O–H groups in total. The molecule has 3 heteroatoms. The third-order valence-electron chi connectivity index (χ3n) is 2.83. The molecule has 0 aliphatic carbocycles. The Labute approximate surface area is 102 Å². The molecule has 0 aromatic heterocycles. The van der Waals surface area contributed by atoms with Crippen molar-refractivity contribution in [2.24, 2.45) is 5.92 Å². The third-order valence-corrected chi connectivity index (χ3v) is 2.83. The van der Waals surface area contributed by atoms with Gasteiger partial charge in [0.05, 0.1) is 0 Å². The number of carbonyl (C=O) groups excluding carboxylic acids is 2. The fourth-order valence-electron chi connectivity index (χ4n) is 1.46. The van der Waals surface area contributed by atoms with Crippen molar-refractivity contribution >= 4 is 11.7 Å². The maximum atomic E-state index is 11.5. The fraction of sp³-hybridized carbons (Fsp3) is 0.429. The Hall–Kier alpha value is -1.64. The molecule has 17 heavy (non-hydrogen) atoms. The van der Waals surface area contributed by atoms with Crippen LogP contribution in [0, 0.1) is 5.92 Å². The van der Waals surface area contributed by atoms with Gasteiger partial charge in [-0.3, -0.25) is 9.59 Å². The number of hydrogen-bond donors (Lipinski definition) is 1. The van der Waals surface area contributed by atoms with E-state index in [9.17, 15) is 9.59 Å². The van der Waals surface area contributed by atoms with Gasteiger partial charge in [0.1, 0.15) is 0 Å². The molecule has 1 rings (SSSR count). The van der Waals surface area contributed by atoms with Gasteiger partial charge >= 0.3 is 0 Å². The molecular weight excluding hydrogens is 214 g/mol. The quantitative estimate of drug-likeness (QED) is 0.763. The first-order valence-electron chi connectivity index (χ1n) is 6.01. The summed E-state index contributed by atoms with van der Waals surface area (Å²) in [6.45, 7) is 4.18. The molecule has 1 amide bonds. The minimum absolute atomic E-state index is 0.188. The number of benzene rings is 1. The van der Waals surface area contributed by atoms with Crippen LogP contribution in [0.2, 0.25) is 0 Å². The second-order valence-corrected chi connectivity index (χ2v) is 4.17. The van der Waals surface area contributed by atoms with Gasteiger partial charge in [-0.2, -0.15) is 0 Å². The van der Waals surface area contributed by atoms with Gasteiger partial charge in [0.25, 0.3) is 5.91 Å². The van der Waals surface area contributed by atoms with Gasteiger partial charge in [0.15, 0.2) is 0 Å². The summed E-state index contributed by atoms with van der Waals surface area (Å²) in [6.07, 6.45) is 1.45. The largest absolute Gasteiger partial charge is 0.349 e. The lowest BCUT2D eigenvalue weighted by molar-refractivity contribution is -0.140. The molecule has 0 saturated carbocycles. The van der Waals surface area contributed by atoms with E-state index in [0.29, 0.717) is 13.0 Å². The van der Waals surface area contributed by atoms with E-state index in [1.807, 2.05) is 37.3 Å². The Morgan fingerprint density at radius 2 is 1.88 bits per heavy atom. The highest BCUT2D eigenvalue weighted by Gasteiger charge is 2.18. The summed E-state index contributed by atoms with van der Waals surface area (Å²) in [6, 6.07) is 9.88. The molecule has 0 spiro atoms. The van der Waals surface area contributed by atoms with Crippen LogP contribution in [-0.2, 0) is 16.0 Å². The highest BCUT2D eigenvalue weighted by Crippen LogP contribution is 2.02. The minimum Gasteiger partial charge on any atom is -0.349 e. The van der Waals surface area contributed by atoms with Gasteiger partial charge in [-0.05, 0) is 18.4 Å². The van der Waals surface area contributed by atoms with Crippen LogP contribution in [0.4, 0.5) is 0 Å². The van der Waals surface area contributed by atoms with Crippen LogP contribution in [0.5, 0.6) is 0 Å². The maximum absolute atomic E-state index is 11.5. The topological polar surface area (TPSA) is 46.2 Å². The Kier molecular flexibility index (Phi) is 5.40. The molecule has 92 valence electrons. The average molecular weight is 233 g/mol. The van der Waals surface area contributed by atoms with Crippen molar-refractivity contribution in [1.82, 2.24) is 5.32 Å². The zero-order valence-electron chi connectivity index (χ0n) is 10.4. The molecule has 0 aliphatic heterocycles. The number of ketones is 1. The standard InChI is InChI=1S/C14H19NO2/c1-3-11(2)13(16)14(17)15-10-9-12-7-5-4-6-8-12/h4-8,11H,3,9-10H2,1-2H3,(H,15,17). The summed E-state index contributed by atoms with van der Waals surface area (Å²) in [5.74, 6) is -0.970. The van der Waals surface area contributed by atoms with Crippen LogP contribution in [-0.4, -0.2) is 18.2 Å². The monoisotopic (exact) mass is 233 g/mol. The first-order chi connectivity index (χ1) is 8.15. The van der Waals surface area contributed by atoms with Crippen molar-refractivity contribution in [2.75, 3.05) is 6.54 Å². The zero-order chi connectivity index (χ0) is 12.7. The molecule has 0 radical (unpaired) electrons. The lowest BCUT2D eigenvalue weighted by Gasteiger charge is -2.08. The second-order valence-electron chi connectivity index (χ2n) is 4.17. The predicted octanol–water partition coefficient (Wildman–Crippen LogP) is 1.96. The van der Waals surface area contributed by atoms with Crippen LogP contribution in [0.15, 0.2) is 30.3 Å². The Bertz CT molecular complexity index is 373. The summed E-state index contributed by atoms with van der Waals surface area (Å²) in [7, 11) is 0. The van der Waals surface area contributed by atoms with E-state index in [2.05, 4.69) is 5.32 Å². The first-order valence-corrected chi connectivity index (χ1v) is 6.01. The third kappa shape index (κ3) is 4.39. The van der Waals surface area contributed by atoms with E-state index in [0.717, 1.165) is 12.0 Å².